The average molecular weight is 629 g/mol. The smallest absolute Gasteiger partial charge is 0.408 e. The molecule has 2 aliphatic carbocycles. The zero-order valence-electron chi connectivity index (χ0n) is 23.8. The third-order valence-electron chi connectivity index (χ3n) is 8.46. The van der Waals surface area contributed by atoms with Crippen LogP contribution < -0.4 is 10.6 Å². The van der Waals surface area contributed by atoms with Crippen molar-refractivity contribution in [3.05, 3.63) is 46.5 Å². The van der Waals surface area contributed by atoms with E-state index in [1.54, 1.807) is 24.3 Å². The Morgan fingerprint density at radius 2 is 1.83 bits per heavy atom. The van der Waals surface area contributed by atoms with E-state index in [0.717, 1.165) is 25.7 Å². The number of hydrogen-bond acceptors (Lipinski definition) is 5. The number of amides is 3. The Morgan fingerprint density at radius 3 is 2.39 bits per heavy atom. The second kappa shape index (κ2) is 12.3. The second-order valence-electron chi connectivity index (χ2n) is 12.5. The molecule has 3 amide bonds. The van der Waals surface area contributed by atoms with Crippen molar-refractivity contribution in [1.82, 2.24) is 15.5 Å². The molecule has 1 saturated heterocycles. The average Bonchev–Trinajstić information content (AvgIpc) is 3.22. The van der Waals surface area contributed by atoms with Crippen molar-refractivity contribution < 1.29 is 28.6 Å². The summed E-state index contributed by atoms with van der Waals surface area (Å²) in [6.45, 7) is 9.63. The number of alkyl carbamates (subject to hydrolysis) is 1. The van der Waals surface area contributed by atoms with Crippen LogP contribution in [0.5, 0.6) is 0 Å². The summed E-state index contributed by atoms with van der Waals surface area (Å²) in [6, 6.07) is 3.06. The molecule has 2 unspecified atom stereocenters. The molecule has 1 aromatic carbocycles. The first-order valence-corrected chi connectivity index (χ1v) is 16.8. The lowest BCUT2D eigenvalue weighted by atomic mass is 9.85. The Morgan fingerprint density at radius 1 is 1.20 bits per heavy atom. The van der Waals surface area contributed by atoms with Gasteiger partial charge in [0, 0.05) is 22.5 Å². The maximum absolute atomic E-state index is 13.8. The summed E-state index contributed by atoms with van der Waals surface area (Å²) < 4.78 is 19.4. The first-order chi connectivity index (χ1) is 19.2. The van der Waals surface area contributed by atoms with Gasteiger partial charge in [0.05, 0.1) is 6.16 Å². The molecular formula is C29H40Cl2N3O6P. The van der Waals surface area contributed by atoms with Crippen LogP contribution in [0.3, 0.4) is 0 Å². The minimum Gasteiger partial charge on any atom is -0.446 e. The van der Waals surface area contributed by atoms with Crippen molar-refractivity contribution in [2.24, 2.45) is 11.3 Å². The first-order valence-electron chi connectivity index (χ1n) is 14.2. The van der Waals surface area contributed by atoms with E-state index in [0.29, 0.717) is 24.9 Å². The van der Waals surface area contributed by atoms with Crippen molar-refractivity contribution in [3.8, 4) is 0 Å². The minimum atomic E-state index is -4.10. The Balaban J connectivity index is 1.50. The second-order valence-corrected chi connectivity index (χ2v) is 15.8. The number of hydrogen-bond donors (Lipinski definition) is 3. The number of nitrogens with zero attached hydrogens (tertiary/aromatic N) is 1. The van der Waals surface area contributed by atoms with E-state index in [1.807, 2.05) is 20.8 Å². The molecule has 1 aromatic rings. The summed E-state index contributed by atoms with van der Waals surface area (Å²) in [6.07, 6.45) is 5.27. The largest absolute Gasteiger partial charge is 0.446 e. The fourth-order valence-electron chi connectivity index (χ4n) is 5.95. The van der Waals surface area contributed by atoms with Gasteiger partial charge in [-0.3, -0.25) is 14.2 Å². The van der Waals surface area contributed by atoms with Gasteiger partial charge in [-0.2, -0.15) is 0 Å². The zero-order valence-corrected chi connectivity index (χ0v) is 26.2. The first kappa shape index (κ1) is 31.9. The molecule has 12 heteroatoms. The summed E-state index contributed by atoms with van der Waals surface area (Å²) in [4.78, 5) is 53.0. The maximum Gasteiger partial charge on any atom is 0.408 e. The Labute approximate surface area is 251 Å². The topological polar surface area (TPSA) is 125 Å². The number of rotatable bonds is 9. The van der Waals surface area contributed by atoms with Crippen LogP contribution in [0, 0.1) is 11.3 Å². The minimum absolute atomic E-state index is 0.154. The summed E-state index contributed by atoms with van der Waals surface area (Å²) in [5, 5.41) is 4.70. The zero-order chi connectivity index (χ0) is 30.2. The molecule has 4 rings (SSSR count). The Hall–Kier alpha value is -2.06. The van der Waals surface area contributed by atoms with E-state index in [9.17, 15) is 23.8 Å². The van der Waals surface area contributed by atoms with Crippen molar-refractivity contribution in [2.45, 2.75) is 95.3 Å². The van der Waals surface area contributed by atoms with Crippen molar-refractivity contribution >= 4 is 48.5 Å². The number of ether oxygens (including phenoxy) is 1. The quantitative estimate of drug-likeness (QED) is 0.233. The molecule has 5 atom stereocenters. The third-order valence-corrected chi connectivity index (χ3v) is 11.8. The van der Waals surface area contributed by atoms with Crippen molar-refractivity contribution in [3.63, 3.8) is 0 Å². The lowest BCUT2D eigenvalue weighted by molar-refractivity contribution is -0.142. The van der Waals surface area contributed by atoms with Gasteiger partial charge < -0.3 is 25.2 Å². The number of likely N-dealkylation sites (tertiary alicyclic amines) is 1. The fourth-order valence-corrected chi connectivity index (χ4v) is 9.11. The SMILES string of the molecule is C=C[C@@H]1C[C@]1(NC(=O)[C@@H]1CCCN1C(=O)C(NC(=O)OC1CCCC1)C(C)(C)C)P(=O)(O)Cc1c(Cl)cccc1Cl. The number of halogens is 2. The highest BCUT2D eigenvalue weighted by Crippen LogP contribution is 2.71. The summed E-state index contributed by atoms with van der Waals surface area (Å²) in [5.74, 6) is -1.33. The lowest BCUT2D eigenvalue weighted by Gasteiger charge is -2.36. The van der Waals surface area contributed by atoms with Gasteiger partial charge in [-0.25, -0.2) is 4.79 Å². The molecule has 41 heavy (non-hydrogen) atoms. The summed E-state index contributed by atoms with van der Waals surface area (Å²) in [5.41, 5.74) is -0.318. The van der Waals surface area contributed by atoms with Gasteiger partial charge in [-0.05, 0) is 68.1 Å². The Bertz CT molecular complexity index is 1230. The van der Waals surface area contributed by atoms with Crippen LogP contribution >= 0.6 is 30.6 Å². The van der Waals surface area contributed by atoms with Crippen LogP contribution in [0.25, 0.3) is 0 Å². The van der Waals surface area contributed by atoms with Gasteiger partial charge in [-0.15, -0.1) is 6.58 Å². The van der Waals surface area contributed by atoms with Crippen LogP contribution in [-0.4, -0.2) is 57.7 Å². The molecule has 0 radical (unpaired) electrons. The number of carbonyl (C=O) groups is 3. The molecule has 3 N–H and O–H groups in total. The van der Waals surface area contributed by atoms with Crippen molar-refractivity contribution in [1.29, 1.82) is 0 Å². The maximum atomic E-state index is 13.8. The van der Waals surface area contributed by atoms with E-state index in [-0.39, 0.29) is 28.7 Å². The monoisotopic (exact) mass is 627 g/mol. The molecular weight excluding hydrogens is 588 g/mol. The molecule has 3 aliphatic rings. The van der Waals surface area contributed by atoms with Crippen LogP contribution in [0.1, 0.15) is 71.3 Å². The van der Waals surface area contributed by atoms with Crippen LogP contribution in [0.4, 0.5) is 4.79 Å². The van der Waals surface area contributed by atoms with Crippen LogP contribution in [0.15, 0.2) is 30.9 Å². The highest BCUT2D eigenvalue weighted by Gasteiger charge is 2.65. The van der Waals surface area contributed by atoms with Gasteiger partial charge in [0.1, 0.15) is 23.5 Å². The normalized spacial score (nSPS) is 26.6. The molecule has 0 aromatic heterocycles. The molecule has 1 aliphatic heterocycles. The van der Waals surface area contributed by atoms with Gasteiger partial charge in [0.25, 0.3) is 0 Å². The third kappa shape index (κ3) is 6.79. The van der Waals surface area contributed by atoms with Gasteiger partial charge in [0.2, 0.25) is 19.2 Å². The summed E-state index contributed by atoms with van der Waals surface area (Å²) in [7, 11) is -4.10. The number of nitrogens with one attached hydrogen (secondary N) is 2. The van der Waals surface area contributed by atoms with E-state index >= 15 is 0 Å². The van der Waals surface area contributed by atoms with Crippen molar-refractivity contribution in [2.75, 3.05) is 6.54 Å². The predicted molar refractivity (Wildman–Crippen MR) is 159 cm³/mol. The highest BCUT2D eigenvalue weighted by molar-refractivity contribution is 7.59. The van der Waals surface area contributed by atoms with E-state index in [1.165, 1.54) is 4.90 Å². The molecule has 3 fully saturated rings. The molecule has 0 bridgehead atoms. The van der Waals surface area contributed by atoms with E-state index in [4.69, 9.17) is 27.9 Å². The summed E-state index contributed by atoms with van der Waals surface area (Å²) >= 11 is 12.6. The van der Waals surface area contributed by atoms with Crippen LogP contribution in [0.2, 0.25) is 10.0 Å². The Kier molecular flexibility index (Phi) is 9.54. The predicted octanol–water partition coefficient (Wildman–Crippen LogP) is 5.86. The molecule has 0 spiro atoms. The molecule has 226 valence electrons. The number of carbonyl (C=O) groups excluding carboxylic acids is 3. The molecule has 1 heterocycles. The standard InChI is InChI=1S/C29H40Cl2N3O6P/c1-5-18-16-29(18,41(38,39)17-20-21(30)12-8-13-22(20)31)33-25(35)23-14-9-15-34(23)26(36)24(28(2,3)4)32-27(37)40-19-10-6-7-11-19/h5,8,12-13,18-19,23-24H,1,6-7,9-11,14-17H2,2-4H3,(H,32,37)(H,33,35)(H,38,39)/t18-,23+,24?,29+/m1/s1. The lowest BCUT2D eigenvalue weighted by Crippen LogP contribution is -2.58. The molecule has 9 nitrogen and oxygen atoms in total. The van der Waals surface area contributed by atoms with E-state index < -0.39 is 54.0 Å². The molecule has 2 saturated carbocycles. The van der Waals surface area contributed by atoms with Gasteiger partial charge in [-0.1, -0.05) is 56.1 Å². The highest BCUT2D eigenvalue weighted by atomic mass is 35.5. The van der Waals surface area contributed by atoms with Gasteiger partial charge >= 0.3 is 6.09 Å². The van der Waals surface area contributed by atoms with Gasteiger partial charge in [0.15, 0.2) is 0 Å². The number of benzene rings is 1. The fraction of sp³-hybridized carbons (Fsp3) is 0.621. The van der Waals surface area contributed by atoms with E-state index in [2.05, 4.69) is 17.2 Å². The van der Waals surface area contributed by atoms with Crippen LogP contribution in [-0.2, 0) is 25.1 Å².